The highest BCUT2D eigenvalue weighted by molar-refractivity contribution is 8.00. The number of aryl methyl sites for hydroxylation is 1. The first-order chi connectivity index (χ1) is 8.97. The van der Waals surface area contributed by atoms with Gasteiger partial charge in [-0.2, -0.15) is 5.10 Å². The number of primary amides is 1. The number of hydrogen-bond acceptors (Lipinski definition) is 4. The third kappa shape index (κ3) is 4.27. The molecule has 0 saturated heterocycles. The van der Waals surface area contributed by atoms with Gasteiger partial charge in [0.05, 0.1) is 16.6 Å². The van der Waals surface area contributed by atoms with Crippen LogP contribution in [0.25, 0.3) is 0 Å². The lowest BCUT2D eigenvalue weighted by molar-refractivity contribution is -0.115. The monoisotopic (exact) mass is 284 g/mol. The highest BCUT2D eigenvalue weighted by atomic mass is 32.2. The standard InChI is InChI=1S/C12H20N4O2S/c1-4-5-6-19-8(3)12(18)14-9-7(2)15-16-10(9)11(13)17/h8H,4-6H2,1-3H3,(H2,13,17)(H,14,18)(H,15,16)/t8-/m1/s1. The van der Waals surface area contributed by atoms with E-state index >= 15 is 0 Å². The lowest BCUT2D eigenvalue weighted by Crippen LogP contribution is -2.25. The Labute approximate surface area is 116 Å². The summed E-state index contributed by atoms with van der Waals surface area (Å²) < 4.78 is 0. The van der Waals surface area contributed by atoms with E-state index in [4.69, 9.17) is 5.73 Å². The third-order valence-electron chi connectivity index (χ3n) is 2.66. The minimum absolute atomic E-state index is 0.0663. The minimum Gasteiger partial charge on any atom is -0.364 e. The van der Waals surface area contributed by atoms with Crippen LogP contribution in [0.3, 0.4) is 0 Å². The molecule has 0 aliphatic rings. The zero-order valence-electron chi connectivity index (χ0n) is 11.4. The van der Waals surface area contributed by atoms with E-state index in [0.29, 0.717) is 11.4 Å². The number of unbranched alkanes of at least 4 members (excludes halogenated alkanes) is 1. The van der Waals surface area contributed by atoms with Gasteiger partial charge in [-0.25, -0.2) is 0 Å². The van der Waals surface area contributed by atoms with Crippen molar-refractivity contribution in [2.75, 3.05) is 11.1 Å². The fourth-order valence-electron chi connectivity index (χ4n) is 1.47. The Kier molecular flexibility index (Phi) is 5.88. The number of rotatable bonds is 7. The van der Waals surface area contributed by atoms with E-state index in [-0.39, 0.29) is 16.9 Å². The van der Waals surface area contributed by atoms with Crippen LogP contribution in [-0.4, -0.2) is 33.0 Å². The van der Waals surface area contributed by atoms with Gasteiger partial charge < -0.3 is 11.1 Å². The minimum atomic E-state index is -0.661. The molecule has 0 radical (unpaired) electrons. The largest absolute Gasteiger partial charge is 0.364 e. The number of aromatic amines is 1. The first kappa shape index (κ1) is 15.6. The van der Waals surface area contributed by atoms with Crippen LogP contribution < -0.4 is 11.1 Å². The molecule has 106 valence electrons. The number of H-pyrrole nitrogens is 1. The van der Waals surface area contributed by atoms with Crippen LogP contribution in [0.4, 0.5) is 5.69 Å². The van der Waals surface area contributed by atoms with E-state index in [1.807, 2.05) is 6.92 Å². The predicted molar refractivity (Wildman–Crippen MR) is 77.3 cm³/mol. The smallest absolute Gasteiger partial charge is 0.271 e. The zero-order valence-corrected chi connectivity index (χ0v) is 12.3. The van der Waals surface area contributed by atoms with Crippen molar-refractivity contribution in [1.82, 2.24) is 10.2 Å². The lowest BCUT2D eigenvalue weighted by Gasteiger charge is -2.11. The quantitative estimate of drug-likeness (QED) is 0.663. The van der Waals surface area contributed by atoms with Gasteiger partial charge in [-0.05, 0) is 26.0 Å². The molecule has 0 spiro atoms. The van der Waals surface area contributed by atoms with Crippen LogP contribution in [0.5, 0.6) is 0 Å². The van der Waals surface area contributed by atoms with Gasteiger partial charge in [-0.3, -0.25) is 14.7 Å². The Morgan fingerprint density at radius 2 is 2.21 bits per heavy atom. The Morgan fingerprint density at radius 3 is 2.79 bits per heavy atom. The summed E-state index contributed by atoms with van der Waals surface area (Å²) in [6, 6.07) is 0. The van der Waals surface area contributed by atoms with Crippen molar-refractivity contribution in [3.8, 4) is 0 Å². The average molecular weight is 284 g/mol. The molecule has 6 nitrogen and oxygen atoms in total. The molecule has 1 aromatic heterocycles. The second-order valence-electron chi connectivity index (χ2n) is 4.29. The van der Waals surface area contributed by atoms with Crippen LogP contribution >= 0.6 is 11.8 Å². The summed E-state index contributed by atoms with van der Waals surface area (Å²) in [6.45, 7) is 5.68. The summed E-state index contributed by atoms with van der Waals surface area (Å²) in [4.78, 5) is 23.2. The molecule has 0 aliphatic heterocycles. The highest BCUT2D eigenvalue weighted by Gasteiger charge is 2.20. The van der Waals surface area contributed by atoms with Crippen LogP contribution in [0.15, 0.2) is 0 Å². The van der Waals surface area contributed by atoms with Gasteiger partial charge in [0, 0.05) is 0 Å². The van der Waals surface area contributed by atoms with Crippen LogP contribution in [-0.2, 0) is 4.79 Å². The zero-order chi connectivity index (χ0) is 14.4. The van der Waals surface area contributed by atoms with Gasteiger partial charge >= 0.3 is 0 Å². The number of nitrogens with zero attached hydrogens (tertiary/aromatic N) is 1. The van der Waals surface area contributed by atoms with Crippen molar-refractivity contribution in [1.29, 1.82) is 0 Å². The van der Waals surface area contributed by atoms with E-state index in [2.05, 4.69) is 22.4 Å². The summed E-state index contributed by atoms with van der Waals surface area (Å²) in [5, 5.41) is 8.96. The number of nitrogens with one attached hydrogen (secondary N) is 2. The van der Waals surface area contributed by atoms with E-state index in [0.717, 1.165) is 18.6 Å². The second kappa shape index (κ2) is 7.18. The predicted octanol–water partition coefficient (Wildman–Crippen LogP) is 1.68. The highest BCUT2D eigenvalue weighted by Crippen LogP contribution is 2.20. The number of amides is 2. The van der Waals surface area contributed by atoms with E-state index in [1.54, 1.807) is 18.7 Å². The molecule has 0 saturated carbocycles. The van der Waals surface area contributed by atoms with E-state index in [9.17, 15) is 9.59 Å². The fourth-order valence-corrected chi connectivity index (χ4v) is 2.48. The Bertz CT molecular complexity index is 459. The summed E-state index contributed by atoms with van der Waals surface area (Å²) in [7, 11) is 0. The van der Waals surface area contributed by atoms with Crippen molar-refractivity contribution in [2.24, 2.45) is 5.73 Å². The maximum atomic E-state index is 12.0. The summed E-state index contributed by atoms with van der Waals surface area (Å²) in [5.74, 6) is 0.136. The molecule has 4 N–H and O–H groups in total. The van der Waals surface area contributed by atoms with Crippen molar-refractivity contribution >= 4 is 29.3 Å². The number of thioether (sulfide) groups is 1. The van der Waals surface area contributed by atoms with Gasteiger partial charge in [-0.15, -0.1) is 11.8 Å². The molecule has 0 aliphatic carbocycles. The first-order valence-electron chi connectivity index (χ1n) is 6.24. The van der Waals surface area contributed by atoms with Gasteiger partial charge in [0.15, 0.2) is 5.69 Å². The van der Waals surface area contributed by atoms with Crippen molar-refractivity contribution in [3.05, 3.63) is 11.4 Å². The summed E-state index contributed by atoms with van der Waals surface area (Å²) in [6.07, 6.45) is 2.19. The van der Waals surface area contributed by atoms with Crippen LogP contribution in [0.1, 0.15) is 42.9 Å². The fraction of sp³-hybridized carbons (Fsp3) is 0.583. The molecule has 1 rings (SSSR count). The lowest BCUT2D eigenvalue weighted by atomic mass is 10.2. The van der Waals surface area contributed by atoms with Crippen molar-refractivity contribution in [3.63, 3.8) is 0 Å². The topological polar surface area (TPSA) is 101 Å². The number of carbonyl (C=O) groups excluding carboxylic acids is 2. The molecule has 1 heterocycles. The SMILES string of the molecule is CCCCS[C@H](C)C(=O)Nc1c(C(N)=O)n[nH]c1C. The van der Waals surface area contributed by atoms with Crippen molar-refractivity contribution in [2.45, 2.75) is 38.9 Å². The number of aromatic nitrogens is 2. The Morgan fingerprint density at radius 1 is 1.53 bits per heavy atom. The molecule has 0 aromatic carbocycles. The second-order valence-corrected chi connectivity index (χ2v) is 5.74. The maximum absolute atomic E-state index is 12.0. The molecule has 1 aromatic rings. The number of nitrogens with two attached hydrogens (primary N) is 1. The van der Waals surface area contributed by atoms with Gasteiger partial charge in [0.25, 0.3) is 5.91 Å². The molecule has 0 bridgehead atoms. The molecular weight excluding hydrogens is 264 g/mol. The van der Waals surface area contributed by atoms with Gasteiger partial charge in [-0.1, -0.05) is 13.3 Å². The number of carbonyl (C=O) groups is 2. The van der Waals surface area contributed by atoms with Crippen LogP contribution in [0, 0.1) is 6.92 Å². The maximum Gasteiger partial charge on any atom is 0.271 e. The van der Waals surface area contributed by atoms with Crippen LogP contribution in [0.2, 0.25) is 0 Å². The summed E-state index contributed by atoms with van der Waals surface area (Å²) >= 11 is 1.59. The van der Waals surface area contributed by atoms with Gasteiger partial charge in [0.1, 0.15) is 0 Å². The summed E-state index contributed by atoms with van der Waals surface area (Å²) in [5.41, 5.74) is 6.26. The molecular formula is C12H20N4O2S. The van der Waals surface area contributed by atoms with E-state index in [1.165, 1.54) is 0 Å². The number of anilines is 1. The molecule has 19 heavy (non-hydrogen) atoms. The third-order valence-corrected chi connectivity index (χ3v) is 3.90. The molecule has 0 fully saturated rings. The molecule has 1 atom stereocenters. The average Bonchev–Trinajstić information content (AvgIpc) is 2.71. The molecule has 7 heteroatoms. The Balaban J connectivity index is 2.66. The normalized spacial score (nSPS) is 12.2. The molecule has 0 unspecified atom stereocenters. The van der Waals surface area contributed by atoms with E-state index < -0.39 is 5.91 Å². The van der Waals surface area contributed by atoms with Gasteiger partial charge in [0.2, 0.25) is 5.91 Å². The number of hydrogen-bond donors (Lipinski definition) is 3. The molecule has 2 amide bonds. The first-order valence-corrected chi connectivity index (χ1v) is 7.29. The van der Waals surface area contributed by atoms with Crippen molar-refractivity contribution < 1.29 is 9.59 Å². The Hall–Kier alpha value is -1.50.